The quantitative estimate of drug-likeness (QED) is 0.317. The monoisotopic (exact) mass is 545 g/mol. The predicted octanol–water partition coefficient (Wildman–Crippen LogP) is 3.26. The lowest BCUT2D eigenvalue weighted by atomic mass is 10.3. The molecule has 0 N–H and O–H groups in total. The number of rotatable bonds is 6. The van der Waals surface area contributed by atoms with Gasteiger partial charge < -0.3 is 14.0 Å². The Morgan fingerprint density at radius 2 is 1.59 bits per heavy atom. The minimum absolute atomic E-state index is 0.274. The molecule has 0 amide bonds. The van der Waals surface area contributed by atoms with Crippen LogP contribution in [0, 0.1) is 7.14 Å². The molecule has 22 heavy (non-hydrogen) atoms. The molecule has 2 aromatic carbocycles. The van der Waals surface area contributed by atoms with Crippen molar-refractivity contribution in [2.75, 3.05) is 13.2 Å². The Bertz CT molecular complexity index is 744. The molecule has 0 unspecified atom stereocenters. The molecule has 0 saturated carbocycles. The first-order valence-electron chi connectivity index (χ1n) is 6.13. The predicted molar refractivity (Wildman–Crippen MR) is 97.3 cm³/mol. The molecule has 2 rings (SSSR count). The summed E-state index contributed by atoms with van der Waals surface area (Å²) in [4.78, 5) is -0.274. The smallest absolute Gasteiger partial charge is 0.132 e. The third-order valence-electron chi connectivity index (χ3n) is 2.62. The fraction of sp³-hybridized carbons (Fsp3) is 0.143. The highest BCUT2D eigenvalue weighted by atomic mass is 127. The van der Waals surface area contributed by atoms with E-state index in [0.717, 1.165) is 12.9 Å². The Labute approximate surface area is 156 Å². The van der Waals surface area contributed by atoms with Crippen LogP contribution in [0.3, 0.4) is 0 Å². The van der Waals surface area contributed by atoms with E-state index in [1.807, 2.05) is 18.2 Å². The highest BCUT2D eigenvalue weighted by Gasteiger charge is 2.03. The van der Waals surface area contributed by atoms with E-state index in [-0.39, 0.29) is 4.90 Å². The zero-order chi connectivity index (χ0) is 16.2. The van der Waals surface area contributed by atoms with Gasteiger partial charge in [-0.1, -0.05) is 0 Å². The summed E-state index contributed by atoms with van der Waals surface area (Å²) in [5.41, 5.74) is 0. The van der Waals surface area contributed by atoms with Crippen LogP contribution in [0.5, 0.6) is 11.5 Å². The normalized spacial score (nSPS) is 11.2. The molecule has 0 atom stereocenters. The van der Waals surface area contributed by atoms with Crippen LogP contribution in [0.25, 0.3) is 0 Å². The zero-order valence-corrected chi connectivity index (χ0v) is 16.3. The molecule has 0 aromatic heterocycles. The summed E-state index contributed by atoms with van der Waals surface area (Å²) in [7, 11) is -4.42. The van der Waals surface area contributed by atoms with Crippen LogP contribution in [0.4, 0.5) is 0 Å². The van der Waals surface area contributed by atoms with Crippen molar-refractivity contribution in [2.45, 2.75) is 4.90 Å². The first-order chi connectivity index (χ1) is 10.4. The SMILES string of the molecule is O=S(=O)([O-])c1ccc(OCCOc2ccc(I)cc2I)cc1. The summed E-state index contributed by atoms with van der Waals surface area (Å²) in [6.45, 7) is 0.670. The van der Waals surface area contributed by atoms with Crippen LogP contribution in [0.15, 0.2) is 47.4 Å². The summed E-state index contributed by atoms with van der Waals surface area (Å²) in [5.74, 6) is 1.27. The number of halogens is 2. The molecule has 0 bridgehead atoms. The molecule has 2 aromatic rings. The fourth-order valence-corrected chi connectivity index (χ4v) is 3.83. The van der Waals surface area contributed by atoms with Crippen LogP contribution in [-0.2, 0) is 10.1 Å². The standard InChI is InChI=1S/C14H12I2O5S/c15-10-1-6-14(13(16)9-10)21-8-7-20-11-2-4-12(5-3-11)22(17,18)19/h1-6,9H,7-8H2,(H,17,18,19)/p-1. The van der Waals surface area contributed by atoms with Crippen LogP contribution >= 0.6 is 45.2 Å². The van der Waals surface area contributed by atoms with Gasteiger partial charge in [-0.25, -0.2) is 8.42 Å². The molecule has 0 radical (unpaired) electrons. The topological polar surface area (TPSA) is 75.7 Å². The molecular formula is C14H11I2O5S-. The lowest BCUT2D eigenvalue weighted by Crippen LogP contribution is -2.09. The first kappa shape index (κ1) is 17.8. The van der Waals surface area contributed by atoms with Crippen LogP contribution in [0.2, 0.25) is 0 Å². The minimum atomic E-state index is -4.42. The van der Waals surface area contributed by atoms with Crippen LogP contribution < -0.4 is 9.47 Å². The van der Waals surface area contributed by atoms with Gasteiger partial charge in [-0.05, 0) is 87.6 Å². The summed E-state index contributed by atoms with van der Waals surface area (Å²) >= 11 is 4.44. The van der Waals surface area contributed by atoms with Crippen molar-refractivity contribution in [2.24, 2.45) is 0 Å². The van der Waals surface area contributed by atoms with E-state index in [4.69, 9.17) is 9.47 Å². The van der Waals surface area contributed by atoms with Gasteiger partial charge in [0.2, 0.25) is 0 Å². The highest BCUT2D eigenvalue weighted by Crippen LogP contribution is 2.23. The van der Waals surface area contributed by atoms with Crippen molar-refractivity contribution in [1.82, 2.24) is 0 Å². The highest BCUT2D eigenvalue weighted by molar-refractivity contribution is 14.1. The van der Waals surface area contributed by atoms with Gasteiger partial charge in [-0.2, -0.15) is 0 Å². The van der Waals surface area contributed by atoms with E-state index in [9.17, 15) is 13.0 Å². The van der Waals surface area contributed by atoms with Gasteiger partial charge in [0.1, 0.15) is 34.8 Å². The molecule has 118 valence electrons. The largest absolute Gasteiger partial charge is 0.744 e. The van der Waals surface area contributed by atoms with Crippen molar-refractivity contribution in [3.05, 3.63) is 49.6 Å². The maximum absolute atomic E-state index is 10.8. The lowest BCUT2D eigenvalue weighted by Gasteiger charge is -2.11. The molecule has 8 heteroatoms. The van der Waals surface area contributed by atoms with E-state index in [1.165, 1.54) is 24.3 Å². The molecule has 0 heterocycles. The number of benzene rings is 2. The fourth-order valence-electron chi connectivity index (χ4n) is 1.61. The Kier molecular flexibility index (Phi) is 6.29. The van der Waals surface area contributed by atoms with E-state index >= 15 is 0 Å². The second-order valence-electron chi connectivity index (χ2n) is 4.20. The van der Waals surface area contributed by atoms with Gasteiger partial charge in [0.05, 0.1) is 8.47 Å². The van der Waals surface area contributed by atoms with Crippen molar-refractivity contribution >= 4 is 55.3 Å². The lowest BCUT2D eigenvalue weighted by molar-refractivity contribution is 0.216. The van der Waals surface area contributed by atoms with Gasteiger partial charge in [0, 0.05) is 3.57 Å². The van der Waals surface area contributed by atoms with Crippen LogP contribution in [-0.4, -0.2) is 26.2 Å². The zero-order valence-electron chi connectivity index (χ0n) is 11.2. The Morgan fingerprint density at radius 3 is 2.18 bits per heavy atom. The summed E-state index contributed by atoms with van der Waals surface area (Å²) in [6, 6.07) is 11.2. The van der Waals surface area contributed by atoms with Gasteiger partial charge in [-0.15, -0.1) is 0 Å². The van der Waals surface area contributed by atoms with E-state index in [2.05, 4.69) is 45.2 Å². The van der Waals surface area contributed by atoms with E-state index in [0.29, 0.717) is 19.0 Å². The first-order valence-corrected chi connectivity index (χ1v) is 9.69. The molecular weight excluding hydrogens is 534 g/mol. The third-order valence-corrected chi connectivity index (χ3v) is 4.98. The second kappa shape index (κ2) is 7.79. The molecule has 0 saturated heterocycles. The molecule has 0 fully saturated rings. The molecule has 5 nitrogen and oxygen atoms in total. The third kappa shape index (κ3) is 5.25. The number of ether oxygens (including phenoxy) is 2. The summed E-state index contributed by atoms with van der Waals surface area (Å²) in [5, 5.41) is 0. The Morgan fingerprint density at radius 1 is 0.955 bits per heavy atom. The average Bonchev–Trinajstić information content (AvgIpc) is 2.45. The van der Waals surface area contributed by atoms with Gasteiger partial charge in [0.25, 0.3) is 0 Å². The van der Waals surface area contributed by atoms with Gasteiger partial charge in [-0.3, -0.25) is 0 Å². The van der Waals surface area contributed by atoms with Crippen molar-refractivity contribution < 1.29 is 22.4 Å². The van der Waals surface area contributed by atoms with E-state index in [1.54, 1.807) is 0 Å². The molecule has 0 aliphatic heterocycles. The maximum atomic E-state index is 10.8. The van der Waals surface area contributed by atoms with Crippen molar-refractivity contribution in [3.8, 4) is 11.5 Å². The minimum Gasteiger partial charge on any atom is -0.744 e. The average molecular weight is 545 g/mol. The molecule has 0 aliphatic rings. The van der Waals surface area contributed by atoms with Gasteiger partial charge in [0.15, 0.2) is 0 Å². The molecule has 0 aliphatic carbocycles. The van der Waals surface area contributed by atoms with Crippen LogP contribution in [0.1, 0.15) is 0 Å². The van der Waals surface area contributed by atoms with Gasteiger partial charge >= 0.3 is 0 Å². The Hall–Kier alpha value is -0.590. The summed E-state index contributed by atoms with van der Waals surface area (Å²) in [6.07, 6.45) is 0. The second-order valence-corrected chi connectivity index (χ2v) is 7.98. The van der Waals surface area contributed by atoms with E-state index < -0.39 is 10.1 Å². The Balaban J connectivity index is 1.84. The maximum Gasteiger partial charge on any atom is 0.132 e. The van der Waals surface area contributed by atoms with Crippen molar-refractivity contribution in [1.29, 1.82) is 0 Å². The number of hydrogen-bond donors (Lipinski definition) is 0. The van der Waals surface area contributed by atoms with Crippen molar-refractivity contribution in [3.63, 3.8) is 0 Å². The number of hydrogen-bond acceptors (Lipinski definition) is 5. The molecule has 0 spiro atoms. The summed E-state index contributed by atoms with van der Waals surface area (Å²) < 4.78 is 45.6.